The largest absolute Gasteiger partial charge is 0.253 e. The number of benzene rings is 1. The molecule has 0 N–H and O–H groups in total. The van der Waals surface area contributed by atoms with Gasteiger partial charge in [0.25, 0.3) is 0 Å². The summed E-state index contributed by atoms with van der Waals surface area (Å²) >= 11 is 0. The fourth-order valence-corrected chi connectivity index (χ4v) is 2.11. The van der Waals surface area contributed by atoms with Crippen LogP contribution in [0.1, 0.15) is 31.4 Å². The summed E-state index contributed by atoms with van der Waals surface area (Å²) in [7, 11) is 0. The maximum atomic E-state index is 4.73. The molecule has 1 aliphatic rings. The Morgan fingerprint density at radius 1 is 1.44 bits per heavy atom. The van der Waals surface area contributed by atoms with Gasteiger partial charge in [-0.1, -0.05) is 37.6 Å². The third kappa shape index (κ3) is 2.24. The molecule has 0 bridgehead atoms. The molecule has 0 amide bonds. The summed E-state index contributed by atoms with van der Waals surface area (Å²) in [5, 5.41) is 0. The van der Waals surface area contributed by atoms with Gasteiger partial charge in [0.15, 0.2) is 0 Å². The highest BCUT2D eigenvalue weighted by atomic mass is 14.8. The highest BCUT2D eigenvalue weighted by Crippen LogP contribution is 2.29. The van der Waals surface area contributed by atoms with Gasteiger partial charge < -0.3 is 0 Å². The predicted octanol–water partition coefficient (Wildman–Crippen LogP) is 4.23. The molecule has 1 atom stereocenters. The van der Waals surface area contributed by atoms with Gasteiger partial charge in [-0.05, 0) is 37.5 Å². The lowest BCUT2D eigenvalue weighted by Crippen LogP contribution is -2.15. The number of rotatable bonds is 2. The number of nitrogens with zero attached hydrogens (tertiary/aromatic N) is 1. The van der Waals surface area contributed by atoms with E-state index in [1.54, 1.807) is 0 Å². The Bertz CT molecular complexity index is 441. The van der Waals surface area contributed by atoms with Crippen molar-refractivity contribution in [3.63, 3.8) is 0 Å². The molecule has 2 rings (SSSR count). The molecule has 0 fully saturated rings. The summed E-state index contributed by atoms with van der Waals surface area (Å²) in [6.45, 7) is 6.55. The van der Waals surface area contributed by atoms with Gasteiger partial charge in [0.1, 0.15) is 0 Å². The number of aryl methyl sites for hydroxylation is 1. The molecule has 0 spiro atoms. The number of hydrogen-bond donors (Lipinski definition) is 0. The predicted molar refractivity (Wildman–Crippen MR) is 70.6 cm³/mol. The second kappa shape index (κ2) is 4.65. The SMILES string of the molecule is CC/C=C\C1=Nc2ccc(C)cc2CC1C. The average Bonchev–Trinajstić information content (AvgIpc) is 2.26. The van der Waals surface area contributed by atoms with Crippen LogP contribution in [0.25, 0.3) is 0 Å². The van der Waals surface area contributed by atoms with Crippen LogP contribution in [0.4, 0.5) is 5.69 Å². The van der Waals surface area contributed by atoms with Crippen LogP contribution in [-0.4, -0.2) is 5.71 Å². The van der Waals surface area contributed by atoms with Crippen LogP contribution >= 0.6 is 0 Å². The zero-order valence-corrected chi connectivity index (χ0v) is 10.3. The zero-order chi connectivity index (χ0) is 11.5. The first-order valence-electron chi connectivity index (χ1n) is 6.05. The van der Waals surface area contributed by atoms with Gasteiger partial charge in [-0.15, -0.1) is 0 Å². The second-order valence-corrected chi connectivity index (χ2v) is 4.58. The molecule has 0 aliphatic carbocycles. The van der Waals surface area contributed by atoms with Gasteiger partial charge in [0, 0.05) is 11.6 Å². The van der Waals surface area contributed by atoms with Crippen molar-refractivity contribution in [3.8, 4) is 0 Å². The number of hydrogen-bond acceptors (Lipinski definition) is 1. The van der Waals surface area contributed by atoms with Gasteiger partial charge in [-0.3, -0.25) is 4.99 Å². The van der Waals surface area contributed by atoms with Crippen molar-refractivity contribution in [1.29, 1.82) is 0 Å². The third-order valence-corrected chi connectivity index (χ3v) is 3.04. The smallest absolute Gasteiger partial charge is 0.0665 e. The minimum absolute atomic E-state index is 0.539. The van der Waals surface area contributed by atoms with Gasteiger partial charge in [-0.2, -0.15) is 0 Å². The number of fused-ring (bicyclic) bond motifs is 1. The van der Waals surface area contributed by atoms with Crippen LogP contribution in [0, 0.1) is 12.8 Å². The second-order valence-electron chi connectivity index (χ2n) is 4.58. The summed E-state index contributed by atoms with van der Waals surface area (Å²) in [4.78, 5) is 4.73. The highest BCUT2D eigenvalue weighted by Gasteiger charge is 2.17. The molecule has 1 nitrogen and oxygen atoms in total. The van der Waals surface area contributed by atoms with E-state index in [-0.39, 0.29) is 0 Å². The van der Waals surface area contributed by atoms with E-state index < -0.39 is 0 Å². The van der Waals surface area contributed by atoms with Crippen molar-refractivity contribution in [1.82, 2.24) is 0 Å². The quantitative estimate of drug-likeness (QED) is 0.697. The topological polar surface area (TPSA) is 12.4 Å². The lowest BCUT2D eigenvalue weighted by molar-refractivity contribution is 0.756. The molecule has 1 unspecified atom stereocenters. The first-order chi connectivity index (χ1) is 7.70. The van der Waals surface area contributed by atoms with Crippen LogP contribution in [0.5, 0.6) is 0 Å². The summed E-state index contributed by atoms with van der Waals surface area (Å²) in [5.41, 5.74) is 5.09. The average molecular weight is 213 g/mol. The summed E-state index contributed by atoms with van der Waals surface area (Å²) in [5.74, 6) is 0.539. The Morgan fingerprint density at radius 3 is 3.00 bits per heavy atom. The number of allylic oxidation sites excluding steroid dienone is 2. The van der Waals surface area contributed by atoms with Crippen LogP contribution < -0.4 is 0 Å². The van der Waals surface area contributed by atoms with E-state index in [4.69, 9.17) is 4.99 Å². The van der Waals surface area contributed by atoms with Gasteiger partial charge >= 0.3 is 0 Å². The van der Waals surface area contributed by atoms with Crippen molar-refractivity contribution in [2.24, 2.45) is 10.9 Å². The first-order valence-corrected chi connectivity index (χ1v) is 6.05. The molecule has 1 heteroatoms. The Morgan fingerprint density at radius 2 is 2.25 bits per heavy atom. The van der Waals surface area contributed by atoms with Crippen LogP contribution in [0.3, 0.4) is 0 Å². The molecule has 1 aromatic rings. The Kier molecular flexibility index (Phi) is 3.23. The minimum atomic E-state index is 0.539. The summed E-state index contributed by atoms with van der Waals surface area (Å²) < 4.78 is 0. The molecular formula is C15H19N. The van der Waals surface area contributed by atoms with Crippen molar-refractivity contribution in [2.45, 2.75) is 33.6 Å². The zero-order valence-electron chi connectivity index (χ0n) is 10.3. The third-order valence-electron chi connectivity index (χ3n) is 3.04. The molecule has 0 aromatic heterocycles. The fraction of sp³-hybridized carbons (Fsp3) is 0.400. The normalized spacial score (nSPS) is 19.7. The maximum Gasteiger partial charge on any atom is 0.0665 e. The standard InChI is InChI=1S/C15H19N/c1-4-5-6-14-12(3)10-13-9-11(2)7-8-15(13)16-14/h5-9,12H,4,10H2,1-3H3/b6-5-. The van der Waals surface area contributed by atoms with E-state index in [1.165, 1.54) is 16.8 Å². The number of aliphatic imine (C=N–C) groups is 1. The molecule has 16 heavy (non-hydrogen) atoms. The lowest BCUT2D eigenvalue weighted by atomic mass is 9.91. The first kappa shape index (κ1) is 11.1. The lowest BCUT2D eigenvalue weighted by Gasteiger charge is -2.20. The Hall–Kier alpha value is -1.37. The molecule has 0 saturated carbocycles. The van der Waals surface area contributed by atoms with Crippen LogP contribution in [-0.2, 0) is 6.42 Å². The van der Waals surface area contributed by atoms with Crippen molar-refractivity contribution < 1.29 is 0 Å². The fourth-order valence-electron chi connectivity index (χ4n) is 2.11. The van der Waals surface area contributed by atoms with E-state index in [0.717, 1.165) is 18.5 Å². The van der Waals surface area contributed by atoms with Crippen molar-refractivity contribution in [3.05, 3.63) is 41.5 Å². The summed E-state index contributed by atoms with van der Waals surface area (Å²) in [6.07, 6.45) is 6.55. The molecule has 1 heterocycles. The van der Waals surface area contributed by atoms with Gasteiger partial charge in [0.2, 0.25) is 0 Å². The monoisotopic (exact) mass is 213 g/mol. The van der Waals surface area contributed by atoms with E-state index in [0.29, 0.717) is 5.92 Å². The molecule has 0 saturated heterocycles. The van der Waals surface area contributed by atoms with E-state index in [1.807, 2.05) is 0 Å². The Labute approximate surface area is 97.9 Å². The van der Waals surface area contributed by atoms with E-state index in [9.17, 15) is 0 Å². The molecule has 1 aromatic carbocycles. The minimum Gasteiger partial charge on any atom is -0.253 e. The Balaban J connectivity index is 2.36. The molecular weight excluding hydrogens is 194 g/mol. The van der Waals surface area contributed by atoms with Crippen LogP contribution in [0.2, 0.25) is 0 Å². The van der Waals surface area contributed by atoms with Crippen molar-refractivity contribution in [2.75, 3.05) is 0 Å². The molecule has 1 aliphatic heterocycles. The van der Waals surface area contributed by atoms with Gasteiger partial charge in [-0.25, -0.2) is 0 Å². The van der Waals surface area contributed by atoms with Crippen LogP contribution in [0.15, 0.2) is 35.3 Å². The molecule has 84 valence electrons. The van der Waals surface area contributed by atoms with Crippen molar-refractivity contribution >= 4 is 11.4 Å². The highest BCUT2D eigenvalue weighted by molar-refractivity contribution is 5.99. The van der Waals surface area contributed by atoms with E-state index >= 15 is 0 Å². The van der Waals surface area contributed by atoms with Gasteiger partial charge in [0.05, 0.1) is 5.69 Å². The van der Waals surface area contributed by atoms with E-state index in [2.05, 4.69) is 51.1 Å². The molecule has 0 radical (unpaired) electrons. The summed E-state index contributed by atoms with van der Waals surface area (Å²) in [6, 6.07) is 6.53. The maximum absolute atomic E-state index is 4.73.